The maximum absolute atomic E-state index is 14.2. The first-order chi connectivity index (χ1) is 14.5. The number of nitrogens with one attached hydrogen (secondary N) is 1. The van der Waals surface area contributed by atoms with E-state index < -0.39 is 29.7 Å². The number of ether oxygens (including phenoxy) is 2. The van der Waals surface area contributed by atoms with E-state index in [9.17, 15) is 22.4 Å². The van der Waals surface area contributed by atoms with Crippen LogP contribution in [-0.4, -0.2) is 35.8 Å². The molecule has 1 unspecified atom stereocenters. The second-order valence-corrected chi connectivity index (χ2v) is 7.72. The number of rotatable bonds is 8. The van der Waals surface area contributed by atoms with Gasteiger partial charge in [-0.2, -0.15) is 8.78 Å². The average molecular weight is 458 g/mol. The highest BCUT2D eigenvalue weighted by Gasteiger charge is 2.25. The molecule has 2 atom stereocenters. The van der Waals surface area contributed by atoms with Crippen molar-refractivity contribution in [3.63, 3.8) is 0 Å². The maximum Gasteiger partial charge on any atom is 0.292 e. The molecule has 0 aliphatic heterocycles. The molecule has 3 aromatic rings. The van der Waals surface area contributed by atoms with Crippen LogP contribution in [0.1, 0.15) is 13.8 Å². The Hall–Kier alpha value is -2.87. The number of halogens is 4. The lowest BCUT2D eigenvalue weighted by molar-refractivity contribution is -0.119. The fraction of sp³-hybridized carbons (Fsp3) is 0.300. The first kappa shape index (κ1) is 22.8. The van der Waals surface area contributed by atoms with Gasteiger partial charge in [0.15, 0.2) is 29.6 Å². The Labute approximate surface area is 177 Å². The Morgan fingerprint density at radius 1 is 1.23 bits per heavy atom. The molecule has 0 radical (unpaired) electrons. The van der Waals surface area contributed by atoms with Crippen LogP contribution in [0.4, 0.5) is 17.6 Å². The molecule has 0 fully saturated rings. The van der Waals surface area contributed by atoms with Crippen LogP contribution in [0.3, 0.4) is 0 Å². The van der Waals surface area contributed by atoms with E-state index in [1.54, 1.807) is 25.1 Å². The third kappa shape index (κ3) is 6.07. The van der Waals surface area contributed by atoms with Gasteiger partial charge in [-0.25, -0.2) is 13.8 Å². The van der Waals surface area contributed by atoms with Crippen molar-refractivity contribution < 1.29 is 36.2 Å². The fourth-order valence-corrected chi connectivity index (χ4v) is 2.80. The Kier molecular flexibility index (Phi) is 6.69. The Balaban J connectivity index is 1.79. The van der Waals surface area contributed by atoms with Gasteiger partial charge in [-0.05, 0) is 31.2 Å². The summed E-state index contributed by atoms with van der Waals surface area (Å²) < 4.78 is 69.9. The van der Waals surface area contributed by atoms with Gasteiger partial charge in [0, 0.05) is 18.6 Å². The summed E-state index contributed by atoms with van der Waals surface area (Å²) in [6.45, 7) is 2.21. The number of oxazole rings is 1. The van der Waals surface area contributed by atoms with Crippen LogP contribution in [0.2, 0.25) is 0 Å². The molecule has 0 aliphatic carbocycles. The topological polar surface area (TPSA) is 73.6 Å². The van der Waals surface area contributed by atoms with E-state index in [1.807, 2.05) is 0 Å². The van der Waals surface area contributed by atoms with Gasteiger partial charge in [-0.15, -0.1) is 0 Å². The van der Waals surface area contributed by atoms with Crippen LogP contribution >= 0.6 is 9.24 Å². The standard InChI is InChI=1S/C20H19F4N2O4P/c1-10(25-11(2)27)8-28-13-3-4-16-17(7-13)30-19(26-16)12-5-14(21)18(15(22)6-12)29-9-20(23,24)31/h3-7,10H,8-9,31H2,1-2H3,(H,25,27)/t10-/m0/s1. The van der Waals surface area contributed by atoms with E-state index in [0.717, 1.165) is 12.1 Å². The molecule has 2 aromatic carbocycles. The molecule has 31 heavy (non-hydrogen) atoms. The molecule has 0 spiro atoms. The number of aromatic nitrogens is 1. The Morgan fingerprint density at radius 3 is 2.52 bits per heavy atom. The number of hydrogen-bond donors (Lipinski definition) is 1. The molecule has 0 saturated heterocycles. The van der Waals surface area contributed by atoms with Crippen LogP contribution in [0.15, 0.2) is 34.7 Å². The van der Waals surface area contributed by atoms with Crippen LogP contribution < -0.4 is 14.8 Å². The lowest BCUT2D eigenvalue weighted by atomic mass is 10.2. The first-order valence-electron chi connectivity index (χ1n) is 9.11. The molecule has 1 amide bonds. The summed E-state index contributed by atoms with van der Waals surface area (Å²) >= 11 is 0. The van der Waals surface area contributed by atoms with E-state index in [-0.39, 0.29) is 30.0 Å². The number of carbonyl (C=O) groups is 1. The van der Waals surface area contributed by atoms with Gasteiger partial charge in [0.1, 0.15) is 17.9 Å². The highest BCUT2D eigenvalue weighted by molar-refractivity contribution is 7.18. The SMILES string of the molecule is CC(=O)N[C@@H](C)COc1ccc2nc(-c3cc(F)c(OCC(F)(F)P)c(F)c3)oc2c1. The van der Waals surface area contributed by atoms with Crippen molar-refractivity contribution in [3.05, 3.63) is 42.0 Å². The van der Waals surface area contributed by atoms with E-state index >= 15 is 0 Å². The van der Waals surface area contributed by atoms with E-state index in [4.69, 9.17) is 9.15 Å². The molecule has 1 aromatic heterocycles. The van der Waals surface area contributed by atoms with Gasteiger partial charge < -0.3 is 19.2 Å². The van der Waals surface area contributed by atoms with Crippen LogP contribution in [-0.2, 0) is 4.79 Å². The summed E-state index contributed by atoms with van der Waals surface area (Å²) in [5, 5.41) is 2.68. The van der Waals surface area contributed by atoms with Crippen molar-refractivity contribution in [2.75, 3.05) is 13.2 Å². The van der Waals surface area contributed by atoms with Crippen molar-refractivity contribution in [3.8, 4) is 23.0 Å². The summed E-state index contributed by atoms with van der Waals surface area (Å²) in [6.07, 6.45) is 0. The molecule has 3 rings (SSSR count). The summed E-state index contributed by atoms with van der Waals surface area (Å²) in [5.74, 6) is -3.04. The highest BCUT2D eigenvalue weighted by atomic mass is 31.0. The largest absolute Gasteiger partial charge is 0.491 e. The van der Waals surface area contributed by atoms with Crippen LogP contribution in [0.5, 0.6) is 11.5 Å². The van der Waals surface area contributed by atoms with Crippen molar-refractivity contribution in [1.82, 2.24) is 10.3 Å². The summed E-state index contributed by atoms with van der Waals surface area (Å²) in [5.41, 5.74) is -2.63. The summed E-state index contributed by atoms with van der Waals surface area (Å²) in [4.78, 5) is 15.2. The molecular weight excluding hydrogens is 439 g/mol. The molecule has 0 saturated carbocycles. The normalized spacial score (nSPS) is 12.6. The second-order valence-electron chi connectivity index (χ2n) is 6.88. The van der Waals surface area contributed by atoms with Crippen molar-refractivity contribution in [1.29, 1.82) is 0 Å². The maximum atomic E-state index is 14.2. The molecule has 0 aliphatic rings. The molecule has 1 N–H and O–H groups in total. The zero-order chi connectivity index (χ0) is 22.8. The fourth-order valence-electron chi connectivity index (χ4n) is 2.72. The molecule has 0 bridgehead atoms. The van der Waals surface area contributed by atoms with Gasteiger partial charge in [-0.1, -0.05) is 9.24 Å². The number of carbonyl (C=O) groups excluding carboxylic acids is 1. The summed E-state index contributed by atoms with van der Waals surface area (Å²) in [6, 6.07) is 6.35. The number of benzene rings is 2. The summed E-state index contributed by atoms with van der Waals surface area (Å²) in [7, 11) is 1.22. The Bertz CT molecular complexity index is 1080. The zero-order valence-corrected chi connectivity index (χ0v) is 17.7. The predicted octanol–water partition coefficient (Wildman–Crippen LogP) is 4.52. The Morgan fingerprint density at radius 2 is 1.90 bits per heavy atom. The molecular formula is C20H19F4N2O4P. The zero-order valence-electron chi connectivity index (χ0n) is 16.5. The van der Waals surface area contributed by atoms with E-state index in [0.29, 0.717) is 16.8 Å². The monoisotopic (exact) mass is 458 g/mol. The van der Waals surface area contributed by atoms with Gasteiger partial charge in [0.05, 0.1) is 6.04 Å². The lowest BCUT2D eigenvalue weighted by Crippen LogP contribution is -2.35. The average Bonchev–Trinajstić information content (AvgIpc) is 3.07. The van der Waals surface area contributed by atoms with Gasteiger partial charge in [0.2, 0.25) is 11.8 Å². The smallest absolute Gasteiger partial charge is 0.292 e. The van der Waals surface area contributed by atoms with Crippen molar-refractivity contribution in [2.24, 2.45) is 0 Å². The minimum Gasteiger partial charge on any atom is -0.491 e. The number of nitrogens with zero attached hydrogens (tertiary/aromatic N) is 1. The molecule has 11 heteroatoms. The third-order valence-corrected chi connectivity index (χ3v) is 4.13. The van der Waals surface area contributed by atoms with Crippen molar-refractivity contribution >= 4 is 26.2 Å². The second kappa shape index (κ2) is 9.09. The highest BCUT2D eigenvalue weighted by Crippen LogP contribution is 2.33. The van der Waals surface area contributed by atoms with Gasteiger partial charge in [-0.3, -0.25) is 4.79 Å². The predicted molar refractivity (Wildman–Crippen MR) is 108 cm³/mol. The third-order valence-electron chi connectivity index (χ3n) is 3.96. The van der Waals surface area contributed by atoms with Crippen molar-refractivity contribution in [2.45, 2.75) is 25.6 Å². The van der Waals surface area contributed by atoms with Gasteiger partial charge in [0.25, 0.3) is 5.66 Å². The van der Waals surface area contributed by atoms with E-state index in [1.165, 1.54) is 16.2 Å². The molecule has 6 nitrogen and oxygen atoms in total. The molecule has 166 valence electrons. The number of amides is 1. The van der Waals surface area contributed by atoms with Crippen LogP contribution in [0.25, 0.3) is 22.6 Å². The van der Waals surface area contributed by atoms with E-state index in [2.05, 4.69) is 15.0 Å². The molecule has 1 heterocycles. The minimum absolute atomic E-state index is 0.0297. The number of fused-ring (bicyclic) bond motifs is 1. The minimum atomic E-state index is -3.32. The van der Waals surface area contributed by atoms with Crippen LogP contribution in [0, 0.1) is 11.6 Å². The first-order valence-corrected chi connectivity index (χ1v) is 9.69. The number of alkyl halides is 2. The van der Waals surface area contributed by atoms with Gasteiger partial charge >= 0.3 is 0 Å². The number of hydrogen-bond acceptors (Lipinski definition) is 5. The lowest BCUT2D eigenvalue weighted by Gasteiger charge is -2.13. The quantitative estimate of drug-likeness (QED) is 0.397.